The number of aryl methyl sites for hydroxylation is 1. The molecule has 6 rings (SSSR count). The molecule has 1 saturated heterocycles. The number of ether oxygens (including phenoxy) is 1. The number of nitrogens with zero attached hydrogens (tertiary/aromatic N) is 5. The number of anilines is 1. The normalized spacial score (nSPS) is 19.4. The number of para-hydroxylation sites is 1. The van der Waals surface area contributed by atoms with Crippen LogP contribution in [0.15, 0.2) is 36.4 Å². The summed E-state index contributed by atoms with van der Waals surface area (Å²) in [5.74, 6) is -1.09. The minimum Gasteiger partial charge on any atom is -0.494 e. The lowest BCUT2D eigenvalue weighted by Gasteiger charge is -2.37. The molecule has 218 valence electrons. The number of piperidine rings is 1. The molecule has 2 aliphatic heterocycles. The number of benzene rings is 2. The molecule has 0 aliphatic carbocycles. The number of alkyl halides is 3. The first-order valence-electron chi connectivity index (χ1n) is 13.7. The second-order valence-electron chi connectivity index (χ2n) is 10.9. The third kappa shape index (κ3) is 4.68. The predicted molar refractivity (Wildman–Crippen MR) is 150 cm³/mol. The number of likely N-dealkylation sites (tertiary alicyclic amines) is 1. The first-order chi connectivity index (χ1) is 19.6. The van der Waals surface area contributed by atoms with Crippen LogP contribution in [-0.4, -0.2) is 82.1 Å². The van der Waals surface area contributed by atoms with Gasteiger partial charge in [0.25, 0.3) is 5.91 Å². The minimum atomic E-state index is -4.43. The molecule has 12 heteroatoms. The van der Waals surface area contributed by atoms with Crippen LogP contribution in [0.5, 0.6) is 5.75 Å². The van der Waals surface area contributed by atoms with Gasteiger partial charge in [0.2, 0.25) is 0 Å². The van der Waals surface area contributed by atoms with Crippen molar-refractivity contribution in [1.29, 1.82) is 0 Å². The molecule has 0 bridgehead atoms. The van der Waals surface area contributed by atoms with Gasteiger partial charge in [-0.3, -0.25) is 4.79 Å². The number of hydrogen-bond acceptors (Lipinski definition) is 6. The smallest absolute Gasteiger partial charge is 0.393 e. The van der Waals surface area contributed by atoms with Crippen molar-refractivity contribution in [1.82, 2.24) is 19.0 Å². The summed E-state index contributed by atoms with van der Waals surface area (Å²) in [5, 5.41) is 10.4. The van der Waals surface area contributed by atoms with Crippen molar-refractivity contribution in [3.63, 3.8) is 0 Å². The zero-order valence-electron chi connectivity index (χ0n) is 23.0. The highest BCUT2D eigenvalue weighted by Crippen LogP contribution is 2.39. The van der Waals surface area contributed by atoms with Crippen molar-refractivity contribution >= 4 is 33.5 Å². The largest absolute Gasteiger partial charge is 0.494 e. The third-order valence-electron chi connectivity index (χ3n) is 8.28. The molecule has 0 spiro atoms. The monoisotopic (exact) mass is 570 g/mol. The fourth-order valence-electron chi connectivity index (χ4n) is 6.35. The summed E-state index contributed by atoms with van der Waals surface area (Å²) >= 11 is 0. The van der Waals surface area contributed by atoms with Crippen LogP contribution in [0, 0.1) is 5.92 Å². The van der Waals surface area contributed by atoms with Gasteiger partial charge in [-0.1, -0.05) is 12.1 Å². The van der Waals surface area contributed by atoms with E-state index in [9.17, 15) is 23.1 Å². The maximum absolute atomic E-state index is 13.5. The number of fused-ring (bicyclic) bond motifs is 1. The number of carbonyl (C=O) groups excluding carboxylic acids is 1. The van der Waals surface area contributed by atoms with Crippen molar-refractivity contribution in [2.45, 2.75) is 31.6 Å². The van der Waals surface area contributed by atoms with E-state index in [1.165, 1.54) is 12.0 Å². The van der Waals surface area contributed by atoms with E-state index in [-0.39, 0.29) is 25.1 Å². The third-order valence-corrected chi connectivity index (χ3v) is 8.28. The van der Waals surface area contributed by atoms with Crippen LogP contribution in [0.4, 0.5) is 18.9 Å². The summed E-state index contributed by atoms with van der Waals surface area (Å²) < 4.78 is 50.3. The Morgan fingerprint density at radius 1 is 1.17 bits per heavy atom. The van der Waals surface area contributed by atoms with Gasteiger partial charge in [0, 0.05) is 63.4 Å². The molecule has 4 aromatic rings. The highest BCUT2D eigenvalue weighted by atomic mass is 19.4. The molecule has 4 heterocycles. The van der Waals surface area contributed by atoms with E-state index < -0.39 is 30.6 Å². The molecule has 9 nitrogen and oxygen atoms in total. The van der Waals surface area contributed by atoms with Gasteiger partial charge in [-0.15, -0.1) is 0 Å². The predicted octanol–water partition coefficient (Wildman–Crippen LogP) is 3.76. The van der Waals surface area contributed by atoms with Gasteiger partial charge in [-0.2, -0.15) is 13.2 Å². The highest BCUT2D eigenvalue weighted by molar-refractivity contribution is 6.01. The van der Waals surface area contributed by atoms with Crippen LogP contribution < -0.4 is 15.4 Å². The summed E-state index contributed by atoms with van der Waals surface area (Å²) in [7, 11) is 3.38. The summed E-state index contributed by atoms with van der Waals surface area (Å²) in [4.78, 5) is 21.8. The number of amides is 1. The van der Waals surface area contributed by atoms with Crippen LogP contribution >= 0.6 is 0 Å². The van der Waals surface area contributed by atoms with Gasteiger partial charge < -0.3 is 34.5 Å². The molecule has 0 radical (unpaired) electrons. The number of imidazole rings is 1. The van der Waals surface area contributed by atoms with E-state index in [0.717, 1.165) is 41.9 Å². The van der Waals surface area contributed by atoms with Gasteiger partial charge in [-0.05, 0) is 37.1 Å². The molecule has 2 aromatic heterocycles. The molecule has 0 unspecified atom stereocenters. The van der Waals surface area contributed by atoms with E-state index >= 15 is 0 Å². The highest BCUT2D eigenvalue weighted by Gasteiger charge is 2.45. The zero-order chi connectivity index (χ0) is 29.1. The van der Waals surface area contributed by atoms with E-state index in [1.807, 2.05) is 17.7 Å². The number of carbonyl (C=O) groups is 1. The Morgan fingerprint density at radius 3 is 2.71 bits per heavy atom. The Morgan fingerprint density at radius 2 is 1.98 bits per heavy atom. The number of aliphatic hydroxyl groups excluding tert-OH is 1. The van der Waals surface area contributed by atoms with Crippen molar-refractivity contribution in [3.05, 3.63) is 42.0 Å². The van der Waals surface area contributed by atoms with E-state index in [4.69, 9.17) is 15.5 Å². The van der Waals surface area contributed by atoms with Crippen LogP contribution in [0.1, 0.15) is 23.2 Å². The second-order valence-corrected chi connectivity index (χ2v) is 10.9. The van der Waals surface area contributed by atoms with Crippen molar-refractivity contribution in [3.8, 4) is 17.3 Å². The molecule has 1 amide bonds. The lowest BCUT2D eigenvalue weighted by atomic mass is 9.93. The SMILES string of the molecule is COc1cc(C(=O)N2C[C@H](N)C[C@@H](C(F)(F)F)C2)cc2nc(-c3cc4cccc5c4n3CCN5CCCO)n(C)c12. The maximum atomic E-state index is 13.5. The lowest BCUT2D eigenvalue weighted by Crippen LogP contribution is -2.52. The van der Waals surface area contributed by atoms with Gasteiger partial charge in [0.15, 0.2) is 5.82 Å². The number of hydrogen-bond donors (Lipinski definition) is 2. The van der Waals surface area contributed by atoms with Gasteiger partial charge in [0.1, 0.15) is 11.3 Å². The summed E-state index contributed by atoms with van der Waals surface area (Å²) in [6.07, 6.45) is -3.94. The van der Waals surface area contributed by atoms with Gasteiger partial charge in [-0.25, -0.2) is 4.98 Å². The molecule has 41 heavy (non-hydrogen) atoms. The zero-order valence-corrected chi connectivity index (χ0v) is 23.0. The van der Waals surface area contributed by atoms with E-state index in [2.05, 4.69) is 27.7 Å². The number of halogens is 3. The first kappa shape index (κ1) is 27.4. The number of aliphatic hydroxyl groups is 1. The van der Waals surface area contributed by atoms with Crippen LogP contribution in [0.2, 0.25) is 0 Å². The molecular weight excluding hydrogens is 537 g/mol. The van der Waals surface area contributed by atoms with Crippen molar-refractivity contribution < 1.29 is 27.8 Å². The van der Waals surface area contributed by atoms with E-state index in [0.29, 0.717) is 29.0 Å². The number of rotatable bonds is 6. The number of aromatic nitrogens is 3. The topological polar surface area (TPSA) is 102 Å². The van der Waals surface area contributed by atoms with Gasteiger partial charge in [0.05, 0.1) is 35.4 Å². The molecule has 2 aromatic carbocycles. The Bertz CT molecular complexity index is 1630. The first-order valence-corrected chi connectivity index (χ1v) is 13.7. The summed E-state index contributed by atoms with van der Waals surface area (Å²) in [5.41, 5.74) is 10.4. The van der Waals surface area contributed by atoms with Crippen LogP contribution in [-0.2, 0) is 13.6 Å². The Labute approximate surface area is 234 Å². The number of methoxy groups -OCH3 is 1. The fraction of sp³-hybridized carbons (Fsp3) is 0.448. The fourth-order valence-corrected chi connectivity index (χ4v) is 6.35. The minimum absolute atomic E-state index is 0.0526. The average molecular weight is 571 g/mol. The summed E-state index contributed by atoms with van der Waals surface area (Å²) in [6.45, 7) is 2.05. The number of nitrogens with two attached hydrogens (primary N) is 1. The van der Waals surface area contributed by atoms with Gasteiger partial charge >= 0.3 is 6.18 Å². The molecule has 3 N–H and O–H groups in total. The molecular formula is C29H33F3N6O3. The molecule has 0 saturated carbocycles. The standard InChI is InChI=1S/C29H33F3N6O3/c1-35-26-21(11-18(13-24(26)41-2)28(40)37-15-19(29(30,31)32)14-20(33)16-37)34-27(35)23-12-17-5-3-6-22-25(17)38(23)9-8-36(22)7-4-10-39/h3,5-6,11-13,19-20,39H,4,7-10,14-16,33H2,1-2H3/t19-,20-/m1/s1. The Balaban J connectivity index is 1.41. The molecule has 1 fully saturated rings. The van der Waals surface area contributed by atoms with E-state index in [1.54, 1.807) is 12.1 Å². The van der Waals surface area contributed by atoms with Crippen molar-refractivity contribution in [2.24, 2.45) is 18.7 Å². The molecule has 2 aliphatic rings. The van der Waals surface area contributed by atoms with Crippen LogP contribution in [0.3, 0.4) is 0 Å². The Kier molecular flexibility index (Phi) is 6.85. The summed E-state index contributed by atoms with van der Waals surface area (Å²) in [6, 6.07) is 10.7. The maximum Gasteiger partial charge on any atom is 0.393 e. The lowest BCUT2D eigenvalue weighted by molar-refractivity contribution is -0.185. The van der Waals surface area contributed by atoms with Crippen molar-refractivity contribution in [2.75, 3.05) is 44.8 Å². The quantitative estimate of drug-likeness (QED) is 0.366. The average Bonchev–Trinajstić information content (AvgIpc) is 3.49. The Hall–Kier alpha value is -3.77. The second kappa shape index (κ2) is 10.3. The van der Waals surface area contributed by atoms with Crippen LogP contribution in [0.25, 0.3) is 33.5 Å². The molecule has 2 atom stereocenters.